The van der Waals surface area contributed by atoms with E-state index in [-0.39, 0.29) is 24.0 Å². The van der Waals surface area contributed by atoms with Gasteiger partial charge in [-0.25, -0.2) is 0 Å². The minimum atomic E-state index is 0. The van der Waals surface area contributed by atoms with Crippen molar-refractivity contribution in [2.75, 3.05) is 32.7 Å². The van der Waals surface area contributed by atoms with Crippen LogP contribution in [0.2, 0.25) is 0 Å². The second-order valence-corrected chi connectivity index (χ2v) is 5.88. The van der Waals surface area contributed by atoms with Crippen LogP contribution in [0.4, 0.5) is 0 Å². The Labute approximate surface area is 148 Å². The topological polar surface area (TPSA) is 39.7 Å². The third-order valence-corrected chi connectivity index (χ3v) is 3.94. The van der Waals surface area contributed by atoms with Gasteiger partial charge in [0, 0.05) is 19.1 Å². The Morgan fingerprint density at radius 2 is 1.90 bits per heavy atom. The third-order valence-electron chi connectivity index (χ3n) is 3.94. The van der Waals surface area contributed by atoms with Crippen LogP contribution in [0.1, 0.15) is 53.4 Å². The van der Waals surface area contributed by atoms with E-state index in [1.54, 1.807) is 0 Å². The molecule has 0 radical (unpaired) electrons. The van der Waals surface area contributed by atoms with E-state index < -0.39 is 0 Å². The molecule has 0 amide bonds. The van der Waals surface area contributed by atoms with Gasteiger partial charge in [0.2, 0.25) is 0 Å². The molecule has 0 heterocycles. The zero-order valence-corrected chi connectivity index (χ0v) is 16.7. The number of rotatable bonds is 10. The Hall–Kier alpha value is -0.0400. The number of nitrogens with one attached hydrogen (secondary N) is 2. The number of aliphatic imine (C=N–C) groups is 1. The average Bonchev–Trinajstić information content (AvgIpc) is 3.25. The van der Waals surface area contributed by atoms with E-state index in [4.69, 9.17) is 0 Å². The van der Waals surface area contributed by atoms with Crippen molar-refractivity contribution >= 4 is 29.9 Å². The van der Waals surface area contributed by atoms with Crippen molar-refractivity contribution in [3.8, 4) is 0 Å². The lowest BCUT2D eigenvalue weighted by Crippen LogP contribution is -2.42. The molecule has 1 unspecified atom stereocenters. The average molecular weight is 410 g/mol. The minimum absolute atomic E-state index is 0. The van der Waals surface area contributed by atoms with Gasteiger partial charge in [-0.05, 0) is 65.1 Å². The van der Waals surface area contributed by atoms with Gasteiger partial charge in [-0.1, -0.05) is 13.8 Å². The summed E-state index contributed by atoms with van der Waals surface area (Å²) in [6.07, 6.45) is 5.17. The Morgan fingerprint density at radius 1 is 1.24 bits per heavy atom. The number of guanidine groups is 1. The van der Waals surface area contributed by atoms with Gasteiger partial charge in [0.1, 0.15) is 0 Å². The quantitative estimate of drug-likeness (QED) is 0.330. The van der Waals surface area contributed by atoms with Gasteiger partial charge in [-0.2, -0.15) is 0 Å². The van der Waals surface area contributed by atoms with Crippen molar-refractivity contribution in [3.63, 3.8) is 0 Å². The molecule has 0 saturated heterocycles. The maximum Gasteiger partial charge on any atom is 0.191 e. The fourth-order valence-corrected chi connectivity index (χ4v) is 2.31. The number of hydrogen-bond acceptors (Lipinski definition) is 2. The van der Waals surface area contributed by atoms with E-state index in [2.05, 4.69) is 48.2 Å². The highest BCUT2D eigenvalue weighted by Gasteiger charge is 2.20. The summed E-state index contributed by atoms with van der Waals surface area (Å²) in [5, 5.41) is 6.88. The van der Waals surface area contributed by atoms with Gasteiger partial charge < -0.3 is 15.5 Å². The molecule has 2 N–H and O–H groups in total. The highest BCUT2D eigenvalue weighted by atomic mass is 127. The second-order valence-electron chi connectivity index (χ2n) is 5.88. The highest BCUT2D eigenvalue weighted by Crippen LogP contribution is 2.28. The Morgan fingerprint density at radius 3 is 2.43 bits per heavy atom. The first kappa shape index (κ1) is 21.0. The third kappa shape index (κ3) is 10.3. The van der Waals surface area contributed by atoms with Gasteiger partial charge in [0.25, 0.3) is 0 Å². The van der Waals surface area contributed by atoms with Crippen LogP contribution in [0, 0.1) is 5.92 Å². The smallest absolute Gasteiger partial charge is 0.191 e. The summed E-state index contributed by atoms with van der Waals surface area (Å²) in [7, 11) is 0. The van der Waals surface area contributed by atoms with Crippen molar-refractivity contribution in [1.82, 2.24) is 15.5 Å². The first-order valence-corrected chi connectivity index (χ1v) is 8.46. The van der Waals surface area contributed by atoms with E-state index >= 15 is 0 Å². The molecular weight excluding hydrogens is 375 g/mol. The number of halogens is 1. The van der Waals surface area contributed by atoms with E-state index in [9.17, 15) is 0 Å². The van der Waals surface area contributed by atoms with Crippen molar-refractivity contribution < 1.29 is 0 Å². The standard InChI is InChI=1S/C16H34N4.HI/c1-5-17-16(18-13-15-10-11-15)19-14(4)9-8-12-20(6-2)7-3;/h14-15H,5-13H2,1-4H3,(H2,17,18,19);1H. The molecule has 0 spiro atoms. The molecule has 1 rings (SSSR count). The summed E-state index contributed by atoms with van der Waals surface area (Å²) < 4.78 is 0. The minimum Gasteiger partial charge on any atom is -0.357 e. The summed E-state index contributed by atoms with van der Waals surface area (Å²) in [5.41, 5.74) is 0. The van der Waals surface area contributed by atoms with Crippen LogP contribution in [-0.4, -0.2) is 49.6 Å². The normalized spacial score (nSPS) is 16.5. The molecule has 0 aromatic heterocycles. The molecule has 1 atom stereocenters. The number of nitrogens with zero attached hydrogens (tertiary/aromatic N) is 2. The molecule has 0 aromatic carbocycles. The molecule has 126 valence electrons. The van der Waals surface area contributed by atoms with Crippen LogP contribution in [-0.2, 0) is 0 Å². The summed E-state index contributed by atoms with van der Waals surface area (Å²) in [4.78, 5) is 7.16. The first-order valence-electron chi connectivity index (χ1n) is 8.46. The van der Waals surface area contributed by atoms with Crippen molar-refractivity contribution in [2.45, 2.75) is 59.4 Å². The molecule has 4 nitrogen and oxygen atoms in total. The largest absolute Gasteiger partial charge is 0.357 e. The summed E-state index contributed by atoms with van der Waals surface area (Å²) in [5.74, 6) is 1.85. The fourth-order valence-electron chi connectivity index (χ4n) is 2.31. The van der Waals surface area contributed by atoms with E-state index in [0.717, 1.165) is 38.1 Å². The predicted octanol–water partition coefficient (Wildman–Crippen LogP) is 3.08. The SMILES string of the molecule is CCNC(=NCC1CC1)NC(C)CCCN(CC)CC.I. The van der Waals surface area contributed by atoms with E-state index in [1.807, 2.05) is 0 Å². The van der Waals surface area contributed by atoms with Crippen LogP contribution >= 0.6 is 24.0 Å². The lowest BCUT2D eigenvalue weighted by Gasteiger charge is -2.21. The lowest BCUT2D eigenvalue weighted by atomic mass is 10.2. The van der Waals surface area contributed by atoms with Gasteiger partial charge in [0.05, 0.1) is 0 Å². The summed E-state index contributed by atoms with van der Waals surface area (Å²) in [6.45, 7) is 14.3. The van der Waals surface area contributed by atoms with Crippen molar-refractivity contribution in [1.29, 1.82) is 0 Å². The van der Waals surface area contributed by atoms with Crippen LogP contribution in [0.25, 0.3) is 0 Å². The van der Waals surface area contributed by atoms with Gasteiger partial charge in [-0.15, -0.1) is 24.0 Å². The zero-order valence-electron chi connectivity index (χ0n) is 14.3. The Balaban J connectivity index is 0.00000400. The van der Waals surface area contributed by atoms with Gasteiger partial charge in [-0.3, -0.25) is 4.99 Å². The molecule has 1 aliphatic rings. The molecular formula is C16H35IN4. The molecule has 1 aliphatic carbocycles. The lowest BCUT2D eigenvalue weighted by molar-refractivity contribution is 0.292. The van der Waals surface area contributed by atoms with E-state index in [1.165, 1.54) is 32.2 Å². The maximum atomic E-state index is 4.67. The van der Waals surface area contributed by atoms with Crippen LogP contribution in [0.15, 0.2) is 4.99 Å². The zero-order chi connectivity index (χ0) is 14.8. The molecule has 0 aromatic rings. The maximum absolute atomic E-state index is 4.67. The molecule has 5 heteroatoms. The predicted molar refractivity (Wildman–Crippen MR) is 104 cm³/mol. The van der Waals surface area contributed by atoms with E-state index in [0.29, 0.717) is 6.04 Å². The monoisotopic (exact) mass is 410 g/mol. The Bertz CT molecular complexity index is 275. The van der Waals surface area contributed by atoms with Crippen molar-refractivity contribution in [3.05, 3.63) is 0 Å². The van der Waals surface area contributed by atoms with Crippen LogP contribution < -0.4 is 10.6 Å². The number of hydrogen-bond donors (Lipinski definition) is 2. The van der Waals surface area contributed by atoms with Crippen LogP contribution in [0.5, 0.6) is 0 Å². The molecule has 0 aliphatic heterocycles. The highest BCUT2D eigenvalue weighted by molar-refractivity contribution is 14.0. The molecule has 1 fully saturated rings. The first-order chi connectivity index (χ1) is 9.69. The Kier molecular flexibility index (Phi) is 12.5. The summed E-state index contributed by atoms with van der Waals surface area (Å²) in [6, 6.07) is 0.488. The van der Waals surface area contributed by atoms with Gasteiger partial charge in [0.15, 0.2) is 5.96 Å². The van der Waals surface area contributed by atoms with Crippen LogP contribution in [0.3, 0.4) is 0 Å². The summed E-state index contributed by atoms with van der Waals surface area (Å²) >= 11 is 0. The second kappa shape index (κ2) is 12.5. The molecule has 0 bridgehead atoms. The van der Waals surface area contributed by atoms with Crippen molar-refractivity contribution in [2.24, 2.45) is 10.9 Å². The van der Waals surface area contributed by atoms with Gasteiger partial charge >= 0.3 is 0 Å². The molecule has 1 saturated carbocycles. The molecule has 21 heavy (non-hydrogen) atoms. The fraction of sp³-hybridized carbons (Fsp3) is 0.938.